The van der Waals surface area contributed by atoms with Gasteiger partial charge in [0, 0.05) is 8.95 Å². The summed E-state index contributed by atoms with van der Waals surface area (Å²) in [7, 11) is 1.21. The van der Waals surface area contributed by atoms with Gasteiger partial charge in [-0.15, -0.1) is 0 Å². The first kappa shape index (κ1) is 19.2. The normalized spacial score (nSPS) is 9.61. The first-order chi connectivity index (χ1) is 10.8. The summed E-state index contributed by atoms with van der Waals surface area (Å²) in [6, 6.07) is 7.87. The maximum atomic E-state index is 12.9. The molecule has 0 atom stereocenters. The van der Waals surface area contributed by atoms with E-state index in [1.54, 1.807) is 0 Å². The fourth-order valence-electron chi connectivity index (χ4n) is 1.43. The zero-order valence-corrected chi connectivity index (χ0v) is 14.8. The summed E-state index contributed by atoms with van der Waals surface area (Å²) in [5, 5.41) is 8.43. The van der Waals surface area contributed by atoms with Crippen molar-refractivity contribution in [1.29, 1.82) is 0 Å². The number of carbonyl (C=O) groups is 2. The lowest BCUT2D eigenvalue weighted by molar-refractivity contribution is 0.0594. The van der Waals surface area contributed by atoms with Gasteiger partial charge in [0.05, 0.1) is 18.2 Å². The van der Waals surface area contributed by atoms with Crippen molar-refractivity contribution in [2.24, 2.45) is 0 Å². The van der Waals surface area contributed by atoms with Crippen LogP contribution in [0.15, 0.2) is 45.3 Å². The van der Waals surface area contributed by atoms with Crippen molar-refractivity contribution in [1.82, 2.24) is 0 Å². The van der Waals surface area contributed by atoms with Crippen molar-refractivity contribution in [2.75, 3.05) is 7.11 Å². The molecule has 0 fully saturated rings. The number of aromatic carboxylic acids is 1. The Hall–Kier alpha value is -1.80. The first-order valence-electron chi connectivity index (χ1n) is 5.98. The van der Waals surface area contributed by atoms with Crippen LogP contribution in [0.4, 0.5) is 8.78 Å². The Balaban J connectivity index is 0.000000231. The SMILES string of the molecule is COC(=O)c1cc(Br)ccc1F.O=C(O)c1cc(Br)ccc1F. The quantitative estimate of drug-likeness (QED) is 0.674. The highest BCUT2D eigenvalue weighted by molar-refractivity contribution is 9.10. The Morgan fingerprint density at radius 1 is 0.957 bits per heavy atom. The molecule has 2 aromatic rings. The summed E-state index contributed by atoms with van der Waals surface area (Å²) in [6.07, 6.45) is 0. The molecule has 2 aromatic carbocycles. The Bertz CT molecular complexity index is 735. The number of esters is 1. The standard InChI is InChI=1S/C8H6BrFO2.C7H4BrFO2/c1-12-8(11)6-4-5(9)2-3-7(6)10;8-4-1-2-6(9)5(3-4)7(10)11/h2-4H,1H3;1-3H,(H,10,11). The van der Waals surface area contributed by atoms with Gasteiger partial charge in [0.15, 0.2) is 0 Å². The average Bonchev–Trinajstić information content (AvgIpc) is 2.51. The van der Waals surface area contributed by atoms with Crippen LogP contribution in [0.5, 0.6) is 0 Å². The van der Waals surface area contributed by atoms with Crippen LogP contribution in [0.1, 0.15) is 20.7 Å². The van der Waals surface area contributed by atoms with E-state index in [9.17, 15) is 18.4 Å². The molecule has 8 heteroatoms. The van der Waals surface area contributed by atoms with E-state index >= 15 is 0 Å². The van der Waals surface area contributed by atoms with Gasteiger partial charge in [-0.2, -0.15) is 0 Å². The molecule has 0 aromatic heterocycles. The molecule has 23 heavy (non-hydrogen) atoms. The maximum Gasteiger partial charge on any atom is 0.340 e. The molecule has 0 aliphatic rings. The molecule has 0 amide bonds. The Morgan fingerprint density at radius 3 is 1.78 bits per heavy atom. The Morgan fingerprint density at radius 2 is 1.39 bits per heavy atom. The number of carboxylic acid groups (broad SMARTS) is 1. The minimum atomic E-state index is -1.26. The van der Waals surface area contributed by atoms with E-state index in [1.165, 1.54) is 37.4 Å². The molecule has 0 radical (unpaired) electrons. The molecule has 4 nitrogen and oxygen atoms in total. The molecule has 1 N–H and O–H groups in total. The van der Waals surface area contributed by atoms with Crippen molar-refractivity contribution in [3.8, 4) is 0 Å². The summed E-state index contributed by atoms with van der Waals surface area (Å²) in [6.45, 7) is 0. The highest BCUT2D eigenvalue weighted by Crippen LogP contribution is 2.16. The second kappa shape index (κ2) is 8.73. The third-order valence-electron chi connectivity index (χ3n) is 2.49. The lowest BCUT2D eigenvalue weighted by Crippen LogP contribution is -2.03. The Kier molecular flexibility index (Phi) is 7.31. The molecule has 0 saturated heterocycles. The van der Waals surface area contributed by atoms with Crippen LogP contribution in [-0.4, -0.2) is 24.2 Å². The summed E-state index contributed by atoms with van der Waals surface area (Å²) in [4.78, 5) is 21.2. The van der Waals surface area contributed by atoms with Gasteiger partial charge in [-0.05, 0) is 36.4 Å². The topological polar surface area (TPSA) is 63.6 Å². The van der Waals surface area contributed by atoms with Gasteiger partial charge in [0.1, 0.15) is 11.6 Å². The molecular formula is C15H10Br2F2O4. The van der Waals surface area contributed by atoms with Crippen LogP contribution in [0, 0.1) is 11.6 Å². The monoisotopic (exact) mass is 450 g/mol. The number of hydrogen-bond acceptors (Lipinski definition) is 3. The number of methoxy groups -OCH3 is 1. The molecule has 2 rings (SSSR count). The van der Waals surface area contributed by atoms with E-state index in [1.807, 2.05) is 0 Å². The number of carboxylic acids is 1. The van der Waals surface area contributed by atoms with E-state index < -0.39 is 23.6 Å². The number of hydrogen-bond donors (Lipinski definition) is 1. The lowest BCUT2D eigenvalue weighted by Gasteiger charge is -2.00. The number of ether oxygens (including phenoxy) is 1. The fraction of sp³-hybridized carbons (Fsp3) is 0.0667. The molecular weight excluding hydrogens is 442 g/mol. The highest BCUT2D eigenvalue weighted by Gasteiger charge is 2.11. The predicted octanol–water partition coefficient (Wildman–Crippen LogP) is 4.66. The van der Waals surface area contributed by atoms with E-state index in [4.69, 9.17) is 5.11 Å². The van der Waals surface area contributed by atoms with Gasteiger partial charge in [-0.25, -0.2) is 18.4 Å². The number of benzene rings is 2. The molecule has 0 aliphatic carbocycles. The second-order valence-electron chi connectivity index (χ2n) is 4.05. The molecule has 0 heterocycles. The molecule has 0 spiro atoms. The molecule has 122 valence electrons. The number of halogens is 4. The van der Waals surface area contributed by atoms with Crippen LogP contribution in [-0.2, 0) is 4.74 Å². The molecule has 0 bridgehead atoms. The largest absolute Gasteiger partial charge is 0.478 e. The number of carbonyl (C=O) groups excluding carboxylic acids is 1. The van der Waals surface area contributed by atoms with Crippen LogP contribution < -0.4 is 0 Å². The van der Waals surface area contributed by atoms with Gasteiger partial charge in [0.2, 0.25) is 0 Å². The summed E-state index contributed by atoms with van der Waals surface area (Å²) < 4.78 is 31.1. The van der Waals surface area contributed by atoms with Crippen LogP contribution in [0.2, 0.25) is 0 Å². The summed E-state index contributed by atoms with van der Waals surface area (Å²) >= 11 is 6.15. The predicted molar refractivity (Wildman–Crippen MR) is 86.5 cm³/mol. The minimum Gasteiger partial charge on any atom is -0.478 e. The van der Waals surface area contributed by atoms with Gasteiger partial charge in [-0.3, -0.25) is 0 Å². The highest BCUT2D eigenvalue weighted by atomic mass is 79.9. The number of rotatable bonds is 2. The molecule has 0 aliphatic heterocycles. The third kappa shape index (κ3) is 5.72. The third-order valence-corrected chi connectivity index (χ3v) is 3.48. The van der Waals surface area contributed by atoms with Crippen LogP contribution >= 0.6 is 31.9 Å². The molecule has 0 unspecified atom stereocenters. The fourth-order valence-corrected chi connectivity index (χ4v) is 2.15. The molecule has 0 saturated carbocycles. The van der Waals surface area contributed by atoms with Crippen molar-refractivity contribution in [3.63, 3.8) is 0 Å². The van der Waals surface area contributed by atoms with Gasteiger partial charge in [0.25, 0.3) is 0 Å². The van der Waals surface area contributed by atoms with Crippen LogP contribution in [0.25, 0.3) is 0 Å². The van der Waals surface area contributed by atoms with E-state index in [-0.39, 0.29) is 11.1 Å². The van der Waals surface area contributed by atoms with Gasteiger partial charge in [-0.1, -0.05) is 31.9 Å². The van der Waals surface area contributed by atoms with E-state index in [2.05, 4.69) is 36.6 Å². The van der Waals surface area contributed by atoms with Crippen LogP contribution in [0.3, 0.4) is 0 Å². The van der Waals surface area contributed by atoms with Crippen molar-refractivity contribution >= 4 is 43.8 Å². The van der Waals surface area contributed by atoms with Crippen molar-refractivity contribution < 1.29 is 28.2 Å². The van der Waals surface area contributed by atoms with E-state index in [0.29, 0.717) is 8.95 Å². The maximum absolute atomic E-state index is 12.9. The minimum absolute atomic E-state index is 0.0631. The van der Waals surface area contributed by atoms with E-state index in [0.717, 1.165) is 6.07 Å². The lowest BCUT2D eigenvalue weighted by atomic mass is 10.2. The van der Waals surface area contributed by atoms with Gasteiger partial charge < -0.3 is 9.84 Å². The van der Waals surface area contributed by atoms with Crippen molar-refractivity contribution in [2.45, 2.75) is 0 Å². The zero-order valence-electron chi connectivity index (χ0n) is 11.6. The Labute approximate surface area is 147 Å². The smallest absolute Gasteiger partial charge is 0.340 e. The van der Waals surface area contributed by atoms with Crippen molar-refractivity contribution in [3.05, 3.63) is 68.1 Å². The average molecular weight is 452 g/mol. The second-order valence-corrected chi connectivity index (χ2v) is 5.88. The summed E-state index contributed by atoms with van der Waals surface area (Å²) in [5.41, 5.74) is -0.383. The zero-order chi connectivity index (χ0) is 17.6. The van der Waals surface area contributed by atoms with Gasteiger partial charge >= 0.3 is 11.9 Å². The summed E-state index contributed by atoms with van der Waals surface area (Å²) in [5.74, 6) is -3.23. The first-order valence-corrected chi connectivity index (χ1v) is 7.56.